The van der Waals surface area contributed by atoms with Crippen molar-refractivity contribution in [3.8, 4) is 16.5 Å². The number of unbranched alkanes of at least 4 members (excludes halogenated alkanes) is 2. The monoisotopic (exact) mass is 1060 g/mol. The summed E-state index contributed by atoms with van der Waals surface area (Å²) in [5.41, 5.74) is 2.43. The Kier molecular flexibility index (Phi) is 17.9. The fourth-order valence-corrected chi connectivity index (χ4v) is 10.7. The number of alkyl halides is 3. The van der Waals surface area contributed by atoms with E-state index in [2.05, 4.69) is 15.6 Å². The lowest BCUT2D eigenvalue weighted by Crippen LogP contribution is -2.55. The average molecular weight is 1060 g/mol. The predicted octanol–water partition coefficient (Wildman–Crippen LogP) is 7.15. The number of likely N-dealkylation sites (tertiary alicyclic amines) is 2. The number of amides is 5. The summed E-state index contributed by atoms with van der Waals surface area (Å²) in [6.07, 6.45) is -2.08. The number of nitriles is 1. The summed E-state index contributed by atoms with van der Waals surface area (Å²) >= 11 is 7.20. The summed E-state index contributed by atoms with van der Waals surface area (Å²) in [6, 6.07) is 17.1. The van der Waals surface area contributed by atoms with Crippen molar-refractivity contribution in [3.63, 3.8) is 0 Å². The normalized spacial score (nSPS) is 18.5. The standard InChI is InChI=1S/C53H61F3N8O8S2/c1-32(2)45(49(69)62-29-40(65)26-43(62)47(67)58-28-34-9-11-35(12-10-34)46-33(3)59-31-74-46)60-44(66)30-71-23-7-6-8-24-72-41-19-21-61(22-20-41)48(68)36-13-16-38(17-14-36)64-51(73)63(50(70)52(64,4)5)39-18-15-37(27-57)42(25-39)53(54,55)56/h9-18,25,31-32,40-41,43,45,65H,6-8,19-24,26,28-30H2,1-5H3,(H,58,67)(H,60,66)/t40-,43+,45+/m1/s1. The molecule has 0 unspecified atom stereocenters. The summed E-state index contributed by atoms with van der Waals surface area (Å²) in [7, 11) is 0. The second-order valence-electron chi connectivity index (χ2n) is 19.5. The molecule has 3 fully saturated rings. The third-order valence-electron chi connectivity index (χ3n) is 13.5. The summed E-state index contributed by atoms with van der Waals surface area (Å²) in [5.74, 6) is -2.31. The van der Waals surface area contributed by atoms with E-state index in [0.29, 0.717) is 56.8 Å². The number of ether oxygens (including phenoxy) is 2. The molecule has 0 spiro atoms. The zero-order chi connectivity index (χ0) is 53.5. The summed E-state index contributed by atoms with van der Waals surface area (Å²) < 4.78 is 53.1. The van der Waals surface area contributed by atoms with Gasteiger partial charge in [-0.2, -0.15) is 18.4 Å². The number of hydrogen-bond donors (Lipinski definition) is 3. The van der Waals surface area contributed by atoms with Gasteiger partial charge in [0, 0.05) is 57.1 Å². The molecule has 3 aliphatic rings. The molecule has 3 N–H and O–H groups in total. The van der Waals surface area contributed by atoms with E-state index in [1.165, 1.54) is 15.9 Å². The van der Waals surface area contributed by atoms with E-state index in [1.54, 1.807) is 79.8 Å². The van der Waals surface area contributed by atoms with Crippen LogP contribution in [0.25, 0.3) is 10.4 Å². The zero-order valence-corrected chi connectivity index (χ0v) is 43.6. The maximum absolute atomic E-state index is 13.8. The Labute approximate surface area is 437 Å². The molecule has 5 amide bonds. The highest BCUT2D eigenvalue weighted by Gasteiger charge is 2.51. The molecule has 3 atom stereocenters. The number of aliphatic hydroxyl groups is 1. The van der Waals surface area contributed by atoms with Gasteiger partial charge in [-0.1, -0.05) is 38.1 Å². The number of aromatic nitrogens is 1. The van der Waals surface area contributed by atoms with Gasteiger partial charge in [-0.15, -0.1) is 11.3 Å². The van der Waals surface area contributed by atoms with Crippen molar-refractivity contribution in [2.75, 3.05) is 49.3 Å². The van der Waals surface area contributed by atoms with Crippen LogP contribution in [-0.2, 0) is 41.4 Å². The topological polar surface area (TPSA) is 198 Å². The number of nitrogens with zero attached hydrogens (tertiary/aromatic N) is 6. The second-order valence-corrected chi connectivity index (χ2v) is 20.8. The summed E-state index contributed by atoms with van der Waals surface area (Å²) in [4.78, 5) is 78.3. The number of thiocarbonyl (C=S) groups is 1. The van der Waals surface area contributed by atoms with E-state index < -0.39 is 58.8 Å². The number of carbonyl (C=O) groups is 5. The predicted molar refractivity (Wildman–Crippen MR) is 276 cm³/mol. The van der Waals surface area contributed by atoms with Crippen molar-refractivity contribution in [2.24, 2.45) is 5.92 Å². The van der Waals surface area contributed by atoms with Crippen molar-refractivity contribution in [2.45, 2.75) is 116 Å². The lowest BCUT2D eigenvalue weighted by atomic mass is 10.0. The molecule has 394 valence electrons. The van der Waals surface area contributed by atoms with E-state index in [9.17, 15) is 47.5 Å². The van der Waals surface area contributed by atoms with Crippen LogP contribution in [0.1, 0.15) is 99.0 Å². The van der Waals surface area contributed by atoms with Gasteiger partial charge < -0.3 is 39.9 Å². The van der Waals surface area contributed by atoms with Crippen LogP contribution in [0.2, 0.25) is 0 Å². The van der Waals surface area contributed by atoms with Gasteiger partial charge in [-0.3, -0.25) is 28.9 Å². The van der Waals surface area contributed by atoms with Gasteiger partial charge in [0.15, 0.2) is 5.11 Å². The van der Waals surface area contributed by atoms with Crippen molar-refractivity contribution in [1.29, 1.82) is 5.26 Å². The Bertz CT molecular complexity index is 2740. The number of benzene rings is 3. The highest BCUT2D eigenvalue weighted by Crippen LogP contribution is 2.40. The first-order valence-electron chi connectivity index (χ1n) is 24.6. The molecule has 4 heterocycles. The summed E-state index contributed by atoms with van der Waals surface area (Å²) in [6.45, 7) is 10.6. The molecule has 3 aromatic carbocycles. The number of aryl methyl sites for hydroxylation is 1. The first kappa shape index (κ1) is 55.4. The maximum Gasteiger partial charge on any atom is 0.417 e. The first-order chi connectivity index (χ1) is 35.2. The number of β-amino-alcohol motifs (C(OH)–C–C–N with tert-alkyl or cyclic N) is 1. The van der Waals surface area contributed by atoms with Crippen molar-refractivity contribution in [3.05, 3.63) is 100 Å². The Morgan fingerprint density at radius 1 is 0.986 bits per heavy atom. The third-order valence-corrected chi connectivity index (χ3v) is 14.9. The molecular formula is C53H61F3N8O8S2. The number of thiazole rings is 1. The van der Waals surface area contributed by atoms with Crippen LogP contribution in [0.15, 0.2) is 72.2 Å². The Balaban J connectivity index is 0.782. The zero-order valence-electron chi connectivity index (χ0n) is 41.9. The maximum atomic E-state index is 13.8. The lowest BCUT2D eigenvalue weighted by Gasteiger charge is -2.32. The van der Waals surface area contributed by atoms with Crippen LogP contribution in [0.3, 0.4) is 0 Å². The number of hydrogen-bond acceptors (Lipinski definition) is 12. The Morgan fingerprint density at radius 2 is 1.66 bits per heavy atom. The molecule has 7 rings (SSSR count). The molecule has 0 bridgehead atoms. The van der Waals surface area contributed by atoms with Gasteiger partial charge in [-0.25, -0.2) is 4.98 Å². The quantitative estimate of drug-likeness (QED) is 0.0635. The number of nitrogens with one attached hydrogen (secondary N) is 2. The molecule has 3 saturated heterocycles. The largest absolute Gasteiger partial charge is 0.417 e. The van der Waals surface area contributed by atoms with Crippen molar-refractivity contribution < 1.29 is 51.7 Å². The number of halogens is 3. The van der Waals surface area contributed by atoms with Gasteiger partial charge in [0.1, 0.15) is 24.2 Å². The van der Waals surface area contributed by atoms with E-state index in [4.69, 9.17) is 21.7 Å². The van der Waals surface area contributed by atoms with E-state index in [-0.39, 0.29) is 60.8 Å². The molecule has 21 heteroatoms. The van der Waals surface area contributed by atoms with Gasteiger partial charge in [-0.05, 0) is 125 Å². The highest BCUT2D eigenvalue weighted by atomic mass is 32.1. The van der Waals surface area contributed by atoms with Crippen LogP contribution >= 0.6 is 23.6 Å². The number of carbonyl (C=O) groups excluding carboxylic acids is 5. The van der Waals surface area contributed by atoms with E-state index in [1.807, 2.05) is 31.2 Å². The number of aliphatic hydroxyl groups excluding tert-OH is 1. The van der Waals surface area contributed by atoms with Crippen LogP contribution < -0.4 is 20.4 Å². The van der Waals surface area contributed by atoms with Crippen LogP contribution in [-0.4, -0.2) is 124 Å². The van der Waals surface area contributed by atoms with Crippen molar-refractivity contribution >= 4 is 69.6 Å². The van der Waals surface area contributed by atoms with Gasteiger partial charge in [0.05, 0.1) is 51.2 Å². The minimum absolute atomic E-state index is 0.0173. The van der Waals surface area contributed by atoms with Crippen molar-refractivity contribution in [1.82, 2.24) is 25.4 Å². The van der Waals surface area contributed by atoms with Gasteiger partial charge in [0.2, 0.25) is 17.7 Å². The molecule has 0 saturated carbocycles. The molecule has 0 aliphatic carbocycles. The number of anilines is 2. The molecule has 74 heavy (non-hydrogen) atoms. The van der Waals surface area contributed by atoms with Gasteiger partial charge >= 0.3 is 6.18 Å². The van der Waals surface area contributed by atoms with Gasteiger partial charge in [0.25, 0.3) is 11.8 Å². The van der Waals surface area contributed by atoms with Crippen LogP contribution in [0, 0.1) is 24.2 Å². The minimum atomic E-state index is -4.82. The minimum Gasteiger partial charge on any atom is -0.391 e. The lowest BCUT2D eigenvalue weighted by molar-refractivity contribution is -0.143. The second kappa shape index (κ2) is 23.9. The Morgan fingerprint density at radius 3 is 2.30 bits per heavy atom. The molecule has 16 nitrogen and oxygen atoms in total. The fraction of sp³-hybridized carbons (Fsp3) is 0.472. The highest BCUT2D eigenvalue weighted by molar-refractivity contribution is 7.81. The van der Waals surface area contributed by atoms with Crippen LogP contribution in [0.5, 0.6) is 0 Å². The third kappa shape index (κ3) is 12.8. The summed E-state index contributed by atoms with van der Waals surface area (Å²) in [5, 5.41) is 25.4. The average Bonchev–Trinajstić information content (AvgIpc) is 4.04. The molecule has 3 aliphatic heterocycles. The van der Waals surface area contributed by atoms with E-state index >= 15 is 0 Å². The number of rotatable bonds is 19. The number of piperidine rings is 1. The van der Waals surface area contributed by atoms with E-state index in [0.717, 1.165) is 51.6 Å². The molecule has 4 aromatic rings. The smallest absolute Gasteiger partial charge is 0.391 e. The first-order valence-corrected chi connectivity index (χ1v) is 25.9. The Hall–Kier alpha value is -6.31. The molecule has 0 radical (unpaired) electrons. The van der Waals surface area contributed by atoms with Crippen LogP contribution in [0.4, 0.5) is 24.5 Å². The SMILES string of the molecule is Cc1ncsc1-c1ccc(CNC(=O)[C@@H]2C[C@@H](O)CN2C(=O)[C@@H](NC(=O)COCCCCCOC2CCN(C(=O)c3ccc(N4C(=S)N(c5ccc(C#N)c(C(F)(F)F)c5)C(=O)C4(C)C)cc3)CC2)C(C)C)cc1. The fourth-order valence-electron chi connectivity index (χ4n) is 9.39. The molecule has 1 aromatic heterocycles. The molecular weight excluding hydrogens is 998 g/mol.